The van der Waals surface area contributed by atoms with Crippen LogP contribution < -0.4 is 4.74 Å². The predicted molar refractivity (Wildman–Crippen MR) is 134 cm³/mol. The SMILES string of the molecule is CCCCCCCCCCCCCCCCCC(=O)Oc1ccc2cc(C#N)ccc2c1. The molecule has 0 radical (unpaired) electrons. The Morgan fingerprint density at radius 3 is 1.78 bits per heavy atom. The zero-order valence-corrected chi connectivity index (χ0v) is 20.0. The highest BCUT2D eigenvalue weighted by atomic mass is 16.5. The Bertz CT molecular complexity index is 837. The van der Waals surface area contributed by atoms with Gasteiger partial charge in [0.25, 0.3) is 0 Å². The van der Waals surface area contributed by atoms with E-state index in [1.165, 1.54) is 83.5 Å². The third-order valence-corrected chi connectivity index (χ3v) is 6.16. The molecule has 0 aliphatic rings. The number of unbranched alkanes of at least 4 members (excludes halogenated alkanes) is 14. The molecule has 174 valence electrons. The first kappa shape index (κ1) is 25.9. The van der Waals surface area contributed by atoms with Gasteiger partial charge in [0, 0.05) is 6.42 Å². The van der Waals surface area contributed by atoms with E-state index in [9.17, 15) is 4.79 Å². The number of carbonyl (C=O) groups excluding carboxylic acids is 1. The summed E-state index contributed by atoms with van der Waals surface area (Å²) in [6.45, 7) is 2.27. The lowest BCUT2D eigenvalue weighted by Gasteiger charge is -2.06. The molecular formula is C29H41NO2. The quantitative estimate of drug-likeness (QED) is 0.142. The number of fused-ring (bicyclic) bond motifs is 1. The van der Waals surface area contributed by atoms with E-state index in [0.717, 1.165) is 23.6 Å². The van der Waals surface area contributed by atoms with Crippen LogP contribution in [-0.4, -0.2) is 5.97 Å². The number of nitrogens with zero attached hydrogens (tertiary/aromatic N) is 1. The van der Waals surface area contributed by atoms with E-state index < -0.39 is 0 Å². The highest BCUT2D eigenvalue weighted by molar-refractivity contribution is 5.86. The van der Waals surface area contributed by atoms with Crippen LogP contribution in [0.25, 0.3) is 10.8 Å². The van der Waals surface area contributed by atoms with Crippen LogP contribution in [0.4, 0.5) is 0 Å². The number of benzene rings is 2. The van der Waals surface area contributed by atoms with Gasteiger partial charge in [-0.2, -0.15) is 5.26 Å². The van der Waals surface area contributed by atoms with Crippen LogP contribution in [0.3, 0.4) is 0 Å². The highest BCUT2D eigenvalue weighted by Crippen LogP contribution is 2.22. The van der Waals surface area contributed by atoms with Gasteiger partial charge in [-0.3, -0.25) is 4.79 Å². The summed E-state index contributed by atoms with van der Waals surface area (Å²) in [5.41, 5.74) is 0.635. The minimum atomic E-state index is -0.160. The van der Waals surface area contributed by atoms with Crippen molar-refractivity contribution in [1.82, 2.24) is 0 Å². The fourth-order valence-corrected chi connectivity index (χ4v) is 4.18. The Kier molecular flexibility index (Phi) is 13.2. The lowest BCUT2D eigenvalue weighted by Crippen LogP contribution is -2.07. The maximum absolute atomic E-state index is 12.1. The van der Waals surface area contributed by atoms with Crippen LogP contribution >= 0.6 is 0 Å². The number of esters is 1. The average molecular weight is 436 g/mol. The van der Waals surface area contributed by atoms with Crippen molar-refractivity contribution in [3.05, 3.63) is 42.0 Å². The van der Waals surface area contributed by atoms with Crippen LogP contribution in [0, 0.1) is 11.3 Å². The monoisotopic (exact) mass is 435 g/mol. The van der Waals surface area contributed by atoms with Crippen LogP contribution in [0.2, 0.25) is 0 Å². The van der Waals surface area contributed by atoms with E-state index in [2.05, 4.69) is 13.0 Å². The molecule has 2 aromatic rings. The molecule has 0 saturated heterocycles. The molecule has 0 aliphatic heterocycles. The number of hydrogen-bond donors (Lipinski definition) is 0. The van der Waals surface area contributed by atoms with Gasteiger partial charge in [0.15, 0.2) is 0 Å². The summed E-state index contributed by atoms with van der Waals surface area (Å²) in [6.07, 6.45) is 20.2. The van der Waals surface area contributed by atoms with Gasteiger partial charge in [-0.05, 0) is 41.5 Å². The van der Waals surface area contributed by atoms with Crippen molar-refractivity contribution in [2.24, 2.45) is 0 Å². The average Bonchev–Trinajstić information content (AvgIpc) is 2.81. The van der Waals surface area contributed by atoms with Crippen LogP contribution in [0.5, 0.6) is 5.75 Å². The minimum Gasteiger partial charge on any atom is -0.427 e. The predicted octanol–water partition coefficient (Wildman–Crippen LogP) is 8.88. The molecule has 2 rings (SSSR count). The lowest BCUT2D eigenvalue weighted by atomic mass is 10.0. The van der Waals surface area contributed by atoms with Gasteiger partial charge in [-0.25, -0.2) is 0 Å². The van der Waals surface area contributed by atoms with Crippen molar-refractivity contribution in [3.63, 3.8) is 0 Å². The van der Waals surface area contributed by atoms with Crippen LogP contribution in [0.15, 0.2) is 36.4 Å². The molecule has 0 spiro atoms. The Morgan fingerprint density at radius 1 is 0.719 bits per heavy atom. The fraction of sp³-hybridized carbons (Fsp3) is 0.586. The lowest BCUT2D eigenvalue weighted by molar-refractivity contribution is -0.134. The third-order valence-electron chi connectivity index (χ3n) is 6.16. The van der Waals surface area contributed by atoms with E-state index in [0.29, 0.717) is 17.7 Å². The molecule has 3 heteroatoms. The molecule has 0 atom stereocenters. The molecule has 0 aliphatic carbocycles. The summed E-state index contributed by atoms with van der Waals surface area (Å²) in [7, 11) is 0. The first-order chi connectivity index (χ1) is 15.7. The van der Waals surface area contributed by atoms with Crippen molar-refractivity contribution in [2.75, 3.05) is 0 Å². The molecule has 2 aromatic carbocycles. The maximum atomic E-state index is 12.1. The van der Waals surface area contributed by atoms with Crippen molar-refractivity contribution in [2.45, 2.75) is 110 Å². The standard InChI is InChI=1S/C29H41NO2/c1-2-3-4-5-6-7-8-9-10-11-12-13-14-15-16-17-29(31)32-28-21-20-26-22-25(24-30)18-19-27(26)23-28/h18-23H,2-17H2,1H3. The number of nitriles is 1. The fourth-order valence-electron chi connectivity index (χ4n) is 4.18. The Hall–Kier alpha value is -2.34. The van der Waals surface area contributed by atoms with Crippen LogP contribution in [0.1, 0.15) is 115 Å². The first-order valence-electron chi connectivity index (χ1n) is 12.9. The van der Waals surface area contributed by atoms with Crippen LogP contribution in [-0.2, 0) is 4.79 Å². The normalized spacial score (nSPS) is 10.9. The van der Waals surface area contributed by atoms with E-state index in [4.69, 9.17) is 10.00 Å². The second-order valence-corrected chi connectivity index (χ2v) is 9.01. The van der Waals surface area contributed by atoms with Crippen molar-refractivity contribution < 1.29 is 9.53 Å². The van der Waals surface area contributed by atoms with Gasteiger partial charge in [0.05, 0.1) is 11.6 Å². The Balaban J connectivity index is 1.45. The molecule has 0 aromatic heterocycles. The number of carbonyl (C=O) groups is 1. The largest absolute Gasteiger partial charge is 0.427 e. The summed E-state index contributed by atoms with van der Waals surface area (Å²) >= 11 is 0. The summed E-state index contributed by atoms with van der Waals surface area (Å²) < 4.78 is 5.49. The summed E-state index contributed by atoms with van der Waals surface area (Å²) in [4.78, 5) is 12.1. The molecule has 0 unspecified atom stereocenters. The number of hydrogen-bond acceptors (Lipinski definition) is 3. The van der Waals surface area contributed by atoms with E-state index in [1.54, 1.807) is 12.1 Å². The molecule has 0 amide bonds. The second-order valence-electron chi connectivity index (χ2n) is 9.01. The summed E-state index contributed by atoms with van der Waals surface area (Å²) in [6, 6.07) is 13.2. The molecule has 32 heavy (non-hydrogen) atoms. The van der Waals surface area contributed by atoms with Crippen molar-refractivity contribution >= 4 is 16.7 Å². The van der Waals surface area contributed by atoms with E-state index in [1.807, 2.05) is 24.3 Å². The Labute approximate surface area is 195 Å². The maximum Gasteiger partial charge on any atom is 0.311 e. The number of rotatable bonds is 17. The molecule has 0 bridgehead atoms. The zero-order valence-electron chi connectivity index (χ0n) is 20.0. The molecular weight excluding hydrogens is 394 g/mol. The molecule has 0 fully saturated rings. The highest BCUT2D eigenvalue weighted by Gasteiger charge is 2.06. The smallest absolute Gasteiger partial charge is 0.311 e. The van der Waals surface area contributed by atoms with E-state index in [-0.39, 0.29) is 5.97 Å². The van der Waals surface area contributed by atoms with Gasteiger partial charge in [-0.1, -0.05) is 109 Å². The van der Waals surface area contributed by atoms with Gasteiger partial charge < -0.3 is 4.74 Å². The first-order valence-corrected chi connectivity index (χ1v) is 12.9. The van der Waals surface area contributed by atoms with Gasteiger partial charge in [0.1, 0.15) is 5.75 Å². The molecule has 0 saturated carbocycles. The van der Waals surface area contributed by atoms with Gasteiger partial charge in [0.2, 0.25) is 0 Å². The summed E-state index contributed by atoms with van der Waals surface area (Å²) in [5, 5.41) is 10.9. The second kappa shape index (κ2) is 16.3. The van der Waals surface area contributed by atoms with Gasteiger partial charge >= 0.3 is 5.97 Å². The van der Waals surface area contributed by atoms with Crippen molar-refractivity contribution in [3.8, 4) is 11.8 Å². The minimum absolute atomic E-state index is 0.160. The van der Waals surface area contributed by atoms with Crippen molar-refractivity contribution in [1.29, 1.82) is 5.26 Å². The number of ether oxygens (including phenoxy) is 1. The molecule has 3 nitrogen and oxygen atoms in total. The Morgan fingerprint density at radius 2 is 1.22 bits per heavy atom. The molecule has 0 heterocycles. The topological polar surface area (TPSA) is 50.1 Å². The van der Waals surface area contributed by atoms with Gasteiger partial charge in [-0.15, -0.1) is 0 Å². The summed E-state index contributed by atoms with van der Waals surface area (Å²) in [5.74, 6) is 0.417. The van der Waals surface area contributed by atoms with E-state index >= 15 is 0 Å². The zero-order chi connectivity index (χ0) is 22.9. The third kappa shape index (κ3) is 10.8. The molecule has 0 N–H and O–H groups in total.